The maximum Gasteiger partial charge on any atom is 0.416 e. The molecule has 0 atom stereocenters. The summed E-state index contributed by atoms with van der Waals surface area (Å²) in [6.45, 7) is 3.70. The van der Waals surface area contributed by atoms with Crippen LogP contribution in [0.1, 0.15) is 24.0 Å². The molecule has 6 nitrogen and oxygen atoms in total. The maximum atomic E-state index is 15.2. The number of nitrogens with one attached hydrogen (secondary N) is 1. The van der Waals surface area contributed by atoms with Gasteiger partial charge in [-0.2, -0.15) is 18.3 Å². The normalized spacial score (nSPS) is 17.0. The van der Waals surface area contributed by atoms with Crippen LogP contribution >= 0.6 is 12.2 Å². The third-order valence-corrected chi connectivity index (χ3v) is 6.17. The number of nitrogens with two attached hydrogens (primary N) is 1. The van der Waals surface area contributed by atoms with Gasteiger partial charge in [0.1, 0.15) is 5.82 Å². The van der Waals surface area contributed by atoms with Gasteiger partial charge in [0.25, 0.3) is 0 Å². The van der Waals surface area contributed by atoms with E-state index in [-0.39, 0.29) is 10.9 Å². The van der Waals surface area contributed by atoms with Crippen LogP contribution in [0, 0.1) is 5.82 Å². The highest BCUT2D eigenvalue weighted by molar-refractivity contribution is 7.80. The van der Waals surface area contributed by atoms with Crippen molar-refractivity contribution in [2.75, 3.05) is 54.0 Å². The minimum absolute atomic E-state index is 0.0229. The van der Waals surface area contributed by atoms with E-state index in [0.717, 1.165) is 43.8 Å². The van der Waals surface area contributed by atoms with E-state index in [4.69, 9.17) is 18.0 Å². The molecule has 2 saturated heterocycles. The van der Waals surface area contributed by atoms with Gasteiger partial charge in [-0.1, -0.05) is 6.07 Å². The van der Waals surface area contributed by atoms with Gasteiger partial charge in [-0.25, -0.2) is 4.39 Å². The van der Waals surface area contributed by atoms with Crippen LogP contribution in [0.4, 0.5) is 34.6 Å². The Labute approximate surface area is 201 Å². The SMILES string of the molecule is NC(=S)NN=Cc1cc(F)c(N2CCN(c3cccc(C(F)(F)F)c3)CC2)cc1N1CCCC1. The molecule has 0 unspecified atom stereocenters. The molecule has 0 saturated carbocycles. The average Bonchev–Trinajstić information content (AvgIpc) is 3.33. The highest BCUT2D eigenvalue weighted by Crippen LogP contribution is 2.34. The van der Waals surface area contributed by atoms with Gasteiger partial charge in [-0.3, -0.25) is 5.43 Å². The fraction of sp³-hybridized carbons (Fsp3) is 0.391. The molecule has 2 aromatic rings. The zero-order valence-electron chi connectivity index (χ0n) is 18.5. The summed E-state index contributed by atoms with van der Waals surface area (Å²) in [6.07, 6.45) is -0.762. The first-order chi connectivity index (χ1) is 16.2. The lowest BCUT2D eigenvalue weighted by molar-refractivity contribution is -0.137. The molecule has 11 heteroatoms. The van der Waals surface area contributed by atoms with Gasteiger partial charge in [-0.05, 0) is 55.4 Å². The summed E-state index contributed by atoms with van der Waals surface area (Å²) < 4.78 is 54.4. The number of nitrogens with zero attached hydrogens (tertiary/aromatic N) is 4. The van der Waals surface area contributed by atoms with E-state index in [0.29, 0.717) is 43.1 Å². The van der Waals surface area contributed by atoms with Crippen LogP contribution in [0.5, 0.6) is 0 Å². The molecule has 0 spiro atoms. The molecule has 182 valence electrons. The molecule has 2 aromatic carbocycles. The Bertz CT molecular complexity index is 1060. The van der Waals surface area contributed by atoms with Crippen molar-refractivity contribution < 1.29 is 17.6 Å². The fourth-order valence-corrected chi connectivity index (χ4v) is 4.45. The number of rotatable bonds is 5. The lowest BCUT2D eigenvalue weighted by Crippen LogP contribution is -2.47. The molecular weight excluding hydrogens is 468 g/mol. The summed E-state index contributed by atoms with van der Waals surface area (Å²) >= 11 is 4.76. The van der Waals surface area contributed by atoms with Gasteiger partial charge >= 0.3 is 6.18 Å². The van der Waals surface area contributed by atoms with Crippen molar-refractivity contribution in [2.45, 2.75) is 19.0 Å². The van der Waals surface area contributed by atoms with Gasteiger partial charge in [0.15, 0.2) is 5.11 Å². The van der Waals surface area contributed by atoms with Crippen LogP contribution in [-0.2, 0) is 6.18 Å². The molecule has 0 aliphatic carbocycles. The van der Waals surface area contributed by atoms with Crippen LogP contribution in [0.25, 0.3) is 0 Å². The second-order valence-electron chi connectivity index (χ2n) is 8.31. The molecule has 2 fully saturated rings. The highest BCUT2D eigenvalue weighted by Gasteiger charge is 2.31. The lowest BCUT2D eigenvalue weighted by atomic mass is 10.1. The number of thiocarbonyl (C=S) groups is 1. The molecule has 2 aliphatic heterocycles. The third-order valence-electron chi connectivity index (χ3n) is 6.08. The number of alkyl halides is 3. The monoisotopic (exact) mass is 494 g/mol. The molecule has 0 bridgehead atoms. The predicted octanol–water partition coefficient (Wildman–Crippen LogP) is 3.94. The number of halogens is 4. The predicted molar refractivity (Wildman–Crippen MR) is 131 cm³/mol. The number of anilines is 3. The van der Waals surface area contributed by atoms with Crippen molar-refractivity contribution in [1.29, 1.82) is 0 Å². The molecule has 0 aromatic heterocycles. The van der Waals surface area contributed by atoms with Crippen molar-refractivity contribution in [1.82, 2.24) is 5.43 Å². The molecule has 2 aliphatic rings. The van der Waals surface area contributed by atoms with Crippen LogP contribution in [0.2, 0.25) is 0 Å². The summed E-state index contributed by atoms with van der Waals surface area (Å²) in [5.74, 6) is -0.382. The third kappa shape index (κ3) is 5.52. The summed E-state index contributed by atoms with van der Waals surface area (Å²) in [5.41, 5.74) is 9.72. The topological polar surface area (TPSA) is 60.1 Å². The van der Waals surface area contributed by atoms with E-state index in [2.05, 4.69) is 15.4 Å². The van der Waals surface area contributed by atoms with Crippen molar-refractivity contribution >= 4 is 40.6 Å². The largest absolute Gasteiger partial charge is 0.416 e. The number of benzene rings is 2. The van der Waals surface area contributed by atoms with Crippen molar-refractivity contribution in [3.05, 3.63) is 53.3 Å². The second kappa shape index (κ2) is 10.0. The minimum Gasteiger partial charge on any atom is -0.375 e. The molecule has 2 heterocycles. The Hall–Kier alpha value is -3.08. The van der Waals surface area contributed by atoms with E-state index >= 15 is 4.39 Å². The first kappa shape index (κ1) is 24.1. The number of hydrogen-bond donors (Lipinski definition) is 2. The summed E-state index contributed by atoms with van der Waals surface area (Å²) in [7, 11) is 0. The molecule has 0 amide bonds. The van der Waals surface area contributed by atoms with E-state index in [1.807, 2.05) is 15.9 Å². The Balaban J connectivity index is 1.53. The van der Waals surface area contributed by atoms with Crippen LogP contribution in [-0.4, -0.2) is 50.6 Å². The zero-order chi connectivity index (χ0) is 24.3. The van der Waals surface area contributed by atoms with Crippen molar-refractivity contribution in [2.24, 2.45) is 10.8 Å². The van der Waals surface area contributed by atoms with Crippen LogP contribution < -0.4 is 25.9 Å². The highest BCUT2D eigenvalue weighted by atomic mass is 32.1. The maximum absolute atomic E-state index is 15.2. The van der Waals surface area contributed by atoms with E-state index < -0.39 is 11.7 Å². The first-order valence-electron chi connectivity index (χ1n) is 11.1. The average molecular weight is 495 g/mol. The lowest BCUT2D eigenvalue weighted by Gasteiger charge is -2.38. The summed E-state index contributed by atoms with van der Waals surface area (Å²) in [6, 6.07) is 8.61. The molecule has 0 radical (unpaired) electrons. The van der Waals surface area contributed by atoms with Crippen LogP contribution in [0.15, 0.2) is 41.5 Å². The van der Waals surface area contributed by atoms with E-state index in [9.17, 15) is 13.2 Å². The first-order valence-corrected chi connectivity index (χ1v) is 11.5. The smallest absolute Gasteiger partial charge is 0.375 e. The Morgan fingerprint density at radius 2 is 1.59 bits per heavy atom. The second-order valence-corrected chi connectivity index (χ2v) is 8.75. The van der Waals surface area contributed by atoms with Crippen molar-refractivity contribution in [3.8, 4) is 0 Å². The Kier molecular flexibility index (Phi) is 7.11. The summed E-state index contributed by atoms with van der Waals surface area (Å²) in [4.78, 5) is 6.03. The molecular formula is C23H26F4N6S. The van der Waals surface area contributed by atoms with Gasteiger partial charge < -0.3 is 20.4 Å². The van der Waals surface area contributed by atoms with Gasteiger partial charge in [-0.15, -0.1) is 0 Å². The zero-order valence-corrected chi connectivity index (χ0v) is 19.3. The molecule has 34 heavy (non-hydrogen) atoms. The van der Waals surface area contributed by atoms with Gasteiger partial charge in [0.2, 0.25) is 0 Å². The fourth-order valence-electron chi connectivity index (χ4n) is 4.39. The quantitative estimate of drug-likeness (QED) is 0.284. The van der Waals surface area contributed by atoms with Crippen LogP contribution in [0.3, 0.4) is 0 Å². The Morgan fingerprint density at radius 3 is 2.24 bits per heavy atom. The minimum atomic E-state index is -4.39. The standard InChI is InChI=1S/C23H26F4N6S/c24-19-12-16(15-29-30-22(28)34)20(32-6-1-2-7-32)14-21(19)33-10-8-31(9-11-33)18-5-3-4-17(13-18)23(25,26)27/h3-5,12-15H,1-2,6-11H2,(H3,28,30,34). The molecule has 4 rings (SSSR count). The van der Waals surface area contributed by atoms with Gasteiger partial charge in [0, 0.05) is 56.2 Å². The van der Waals surface area contributed by atoms with E-state index in [1.165, 1.54) is 18.3 Å². The molecule has 3 N–H and O–H groups in total. The number of hydrazone groups is 1. The van der Waals surface area contributed by atoms with Crippen molar-refractivity contribution in [3.63, 3.8) is 0 Å². The van der Waals surface area contributed by atoms with Gasteiger partial charge in [0.05, 0.1) is 17.5 Å². The Morgan fingerprint density at radius 1 is 0.941 bits per heavy atom. The number of hydrogen-bond acceptors (Lipinski definition) is 5. The summed E-state index contributed by atoms with van der Waals surface area (Å²) in [5, 5.41) is 4.01. The number of piperazine rings is 1. The van der Waals surface area contributed by atoms with E-state index in [1.54, 1.807) is 6.07 Å².